The molecule has 23 heavy (non-hydrogen) atoms. The predicted octanol–water partition coefficient (Wildman–Crippen LogP) is 3.02. The van der Waals surface area contributed by atoms with Crippen LogP contribution in [0.1, 0.15) is 36.4 Å². The fraction of sp³-hybridized carbons (Fsp3) is 0.588. The molecule has 1 saturated heterocycles. The van der Waals surface area contributed by atoms with E-state index in [9.17, 15) is 9.18 Å². The Morgan fingerprint density at radius 3 is 2.96 bits per heavy atom. The quantitative estimate of drug-likeness (QED) is 0.887. The zero-order valence-electron chi connectivity index (χ0n) is 13.4. The van der Waals surface area contributed by atoms with Crippen LogP contribution in [0.3, 0.4) is 0 Å². The minimum atomic E-state index is -0.249. The molecule has 0 radical (unpaired) electrons. The summed E-state index contributed by atoms with van der Waals surface area (Å²) in [4.78, 5) is 12.2. The highest BCUT2D eigenvalue weighted by atomic mass is 32.2. The fourth-order valence-electron chi connectivity index (χ4n) is 3.37. The number of fused-ring (bicyclic) bond motifs is 1. The van der Waals surface area contributed by atoms with Crippen molar-refractivity contribution in [3.63, 3.8) is 0 Å². The van der Waals surface area contributed by atoms with Gasteiger partial charge in [0.1, 0.15) is 5.82 Å². The molecular weight excluding hydrogens is 315 g/mol. The second-order valence-electron chi connectivity index (χ2n) is 6.26. The number of halogens is 1. The summed E-state index contributed by atoms with van der Waals surface area (Å²) in [6.45, 7) is 2.13. The smallest absolute Gasteiger partial charge is 0.315 e. The first-order valence-electron chi connectivity index (χ1n) is 8.07. The largest absolute Gasteiger partial charge is 0.381 e. The van der Waals surface area contributed by atoms with Gasteiger partial charge in [0.2, 0.25) is 0 Å². The monoisotopic (exact) mass is 338 g/mol. The van der Waals surface area contributed by atoms with Gasteiger partial charge in [0.15, 0.2) is 0 Å². The molecule has 1 aliphatic carbocycles. The van der Waals surface area contributed by atoms with Crippen molar-refractivity contribution in [3.05, 3.63) is 35.1 Å². The topological polar surface area (TPSA) is 50.4 Å². The second-order valence-corrected chi connectivity index (χ2v) is 7.54. The van der Waals surface area contributed by atoms with Crippen LogP contribution in [0.25, 0.3) is 0 Å². The summed E-state index contributed by atoms with van der Waals surface area (Å²) in [5.41, 5.74) is 2.03. The number of rotatable bonds is 4. The molecule has 6 heteroatoms. The lowest BCUT2D eigenvalue weighted by Crippen LogP contribution is -2.47. The molecule has 0 aromatic heterocycles. The number of urea groups is 1. The molecule has 4 nitrogen and oxygen atoms in total. The van der Waals surface area contributed by atoms with Crippen LogP contribution in [-0.2, 0) is 11.2 Å². The molecule has 1 fully saturated rings. The average Bonchev–Trinajstić information content (AvgIpc) is 2.96. The van der Waals surface area contributed by atoms with E-state index in [0.717, 1.165) is 50.0 Å². The maximum atomic E-state index is 13.4. The Labute approximate surface area is 140 Å². The third-order valence-electron chi connectivity index (χ3n) is 4.90. The summed E-state index contributed by atoms with van der Waals surface area (Å²) < 4.78 is 18.9. The van der Waals surface area contributed by atoms with Crippen LogP contribution in [0.15, 0.2) is 18.2 Å². The van der Waals surface area contributed by atoms with Crippen LogP contribution < -0.4 is 10.6 Å². The van der Waals surface area contributed by atoms with Gasteiger partial charge >= 0.3 is 6.03 Å². The summed E-state index contributed by atoms with van der Waals surface area (Å²) >= 11 is 1.80. The van der Waals surface area contributed by atoms with Crippen molar-refractivity contribution in [2.24, 2.45) is 0 Å². The molecule has 2 aliphatic rings. The van der Waals surface area contributed by atoms with Crippen LogP contribution in [0.4, 0.5) is 9.18 Å². The average molecular weight is 338 g/mol. The molecule has 1 atom stereocenters. The van der Waals surface area contributed by atoms with E-state index in [0.29, 0.717) is 6.54 Å². The van der Waals surface area contributed by atoms with Crippen molar-refractivity contribution in [3.8, 4) is 0 Å². The normalized spacial score (nSPS) is 22.4. The van der Waals surface area contributed by atoms with E-state index in [2.05, 4.69) is 16.9 Å². The Morgan fingerprint density at radius 2 is 2.22 bits per heavy atom. The highest BCUT2D eigenvalue weighted by Gasteiger charge is 2.32. The molecule has 1 aromatic rings. The Kier molecular flexibility index (Phi) is 5.11. The van der Waals surface area contributed by atoms with Gasteiger partial charge in [0.05, 0.1) is 6.04 Å². The lowest BCUT2D eigenvalue weighted by Gasteiger charge is -2.35. The van der Waals surface area contributed by atoms with Crippen LogP contribution in [0, 0.1) is 5.82 Å². The van der Waals surface area contributed by atoms with Crippen molar-refractivity contribution in [1.29, 1.82) is 0 Å². The van der Waals surface area contributed by atoms with Gasteiger partial charge in [-0.15, -0.1) is 0 Å². The summed E-state index contributed by atoms with van der Waals surface area (Å²) in [6.07, 6.45) is 5.69. The van der Waals surface area contributed by atoms with Gasteiger partial charge in [-0.2, -0.15) is 11.8 Å². The lowest BCUT2D eigenvalue weighted by molar-refractivity contribution is 0.0777. The van der Waals surface area contributed by atoms with E-state index in [1.807, 2.05) is 6.07 Å². The SMILES string of the molecule is CSC1(CNC(=O)N[C@@H]2CCc3ccc(F)cc32)CCOCC1. The van der Waals surface area contributed by atoms with Crippen LogP contribution >= 0.6 is 11.8 Å². The first kappa shape index (κ1) is 16.6. The third kappa shape index (κ3) is 3.80. The van der Waals surface area contributed by atoms with Gasteiger partial charge < -0.3 is 15.4 Å². The zero-order chi connectivity index (χ0) is 16.3. The number of hydrogen-bond donors (Lipinski definition) is 2. The van der Waals surface area contributed by atoms with Crippen molar-refractivity contribution in [1.82, 2.24) is 10.6 Å². The van der Waals surface area contributed by atoms with Gasteiger partial charge in [-0.05, 0) is 55.2 Å². The number of aryl methyl sites for hydroxylation is 1. The van der Waals surface area contributed by atoms with E-state index in [-0.39, 0.29) is 22.6 Å². The Bertz CT molecular complexity index is 576. The van der Waals surface area contributed by atoms with E-state index >= 15 is 0 Å². The number of amides is 2. The highest BCUT2D eigenvalue weighted by Crippen LogP contribution is 2.33. The Balaban J connectivity index is 1.55. The predicted molar refractivity (Wildman–Crippen MR) is 90.3 cm³/mol. The number of ether oxygens (including phenoxy) is 1. The van der Waals surface area contributed by atoms with Crippen LogP contribution in [-0.4, -0.2) is 36.8 Å². The number of benzene rings is 1. The van der Waals surface area contributed by atoms with Crippen molar-refractivity contribution >= 4 is 17.8 Å². The van der Waals surface area contributed by atoms with E-state index in [1.165, 1.54) is 12.1 Å². The molecule has 2 N–H and O–H groups in total. The summed E-state index contributed by atoms with van der Waals surface area (Å²) in [5, 5.41) is 5.98. The first-order chi connectivity index (χ1) is 11.1. The summed E-state index contributed by atoms with van der Waals surface area (Å²) in [7, 11) is 0. The van der Waals surface area contributed by atoms with Crippen molar-refractivity contribution < 1.29 is 13.9 Å². The van der Waals surface area contributed by atoms with Gasteiger partial charge in [-0.3, -0.25) is 0 Å². The minimum absolute atomic E-state index is 0.0648. The molecule has 0 bridgehead atoms. The second kappa shape index (κ2) is 7.09. The molecule has 126 valence electrons. The number of thioether (sulfide) groups is 1. The molecular formula is C17H23FN2O2S. The number of hydrogen-bond acceptors (Lipinski definition) is 3. The Morgan fingerprint density at radius 1 is 1.43 bits per heavy atom. The Hall–Kier alpha value is -1.27. The highest BCUT2D eigenvalue weighted by molar-refractivity contribution is 8.00. The number of carbonyl (C=O) groups excluding carboxylic acids is 1. The molecule has 0 spiro atoms. The van der Waals surface area contributed by atoms with Crippen molar-refractivity contribution in [2.45, 2.75) is 36.5 Å². The molecule has 0 saturated carbocycles. The maximum absolute atomic E-state index is 13.4. The van der Waals surface area contributed by atoms with Gasteiger partial charge in [0.25, 0.3) is 0 Å². The molecule has 1 aliphatic heterocycles. The van der Waals surface area contributed by atoms with Gasteiger partial charge in [0, 0.05) is 24.5 Å². The van der Waals surface area contributed by atoms with Gasteiger partial charge in [-0.1, -0.05) is 6.07 Å². The maximum Gasteiger partial charge on any atom is 0.315 e. The minimum Gasteiger partial charge on any atom is -0.381 e. The van der Waals surface area contributed by atoms with Gasteiger partial charge in [-0.25, -0.2) is 9.18 Å². The fourth-order valence-corrected chi connectivity index (χ4v) is 4.16. The van der Waals surface area contributed by atoms with Crippen molar-refractivity contribution in [2.75, 3.05) is 26.0 Å². The first-order valence-corrected chi connectivity index (χ1v) is 9.30. The zero-order valence-corrected chi connectivity index (χ0v) is 14.2. The molecule has 1 heterocycles. The third-order valence-corrected chi connectivity index (χ3v) is 6.32. The molecule has 3 rings (SSSR count). The van der Waals surface area contributed by atoms with Crippen LogP contribution in [0.2, 0.25) is 0 Å². The van der Waals surface area contributed by atoms with E-state index in [1.54, 1.807) is 11.8 Å². The number of nitrogens with one attached hydrogen (secondary N) is 2. The van der Waals surface area contributed by atoms with E-state index < -0.39 is 0 Å². The van der Waals surface area contributed by atoms with E-state index in [4.69, 9.17) is 4.74 Å². The molecule has 2 amide bonds. The summed E-state index contributed by atoms with van der Waals surface area (Å²) in [6, 6.07) is 4.56. The van der Waals surface area contributed by atoms with Crippen LogP contribution in [0.5, 0.6) is 0 Å². The lowest BCUT2D eigenvalue weighted by atomic mass is 9.99. The summed E-state index contributed by atoms with van der Waals surface area (Å²) in [5.74, 6) is -0.249. The number of carbonyl (C=O) groups is 1. The standard InChI is InChI=1S/C17H23FN2O2S/c1-23-17(6-8-22-9-7-17)11-19-16(21)20-15-5-3-12-2-4-13(18)10-14(12)15/h2,4,10,15H,3,5-9,11H2,1H3,(H2,19,20,21)/t15-/m1/s1. The molecule has 0 unspecified atom stereocenters. The molecule has 1 aromatic carbocycles.